The Morgan fingerprint density at radius 1 is 1.05 bits per heavy atom. The summed E-state index contributed by atoms with van der Waals surface area (Å²) in [6.07, 6.45) is 3.18. The summed E-state index contributed by atoms with van der Waals surface area (Å²) >= 11 is 0. The van der Waals surface area contributed by atoms with E-state index in [1.165, 1.54) is 12.1 Å². The van der Waals surface area contributed by atoms with Crippen LogP contribution in [-0.4, -0.2) is 52.1 Å². The molecule has 0 saturated heterocycles. The van der Waals surface area contributed by atoms with E-state index in [1.54, 1.807) is 37.8 Å². The molecule has 3 amide bonds. The number of carbonyl (C=O) groups excluding carboxylic acids is 3. The number of nitrogens with one attached hydrogen (secondary N) is 2. The van der Waals surface area contributed by atoms with Crippen LogP contribution >= 0.6 is 0 Å². The van der Waals surface area contributed by atoms with Crippen LogP contribution in [0.15, 0.2) is 54.6 Å². The second kappa shape index (κ2) is 13.5. The first-order chi connectivity index (χ1) is 18.5. The maximum absolute atomic E-state index is 14.4. The minimum absolute atomic E-state index is 0.0760. The Morgan fingerprint density at radius 3 is 2.26 bits per heavy atom. The van der Waals surface area contributed by atoms with Gasteiger partial charge in [0.15, 0.2) is 0 Å². The quantitative estimate of drug-likeness (QED) is 0.326. The SMILES string of the molecule is CCCCCNC(=O)C(c1ccc(O)cc1)N(C(=O)C(Cc1ccccc1)NC(=O)OC(C)(C)C)C1CC1C. The molecule has 4 unspecified atom stereocenters. The fraction of sp³-hybridized carbons (Fsp3) is 0.516. The van der Waals surface area contributed by atoms with Gasteiger partial charge in [0.05, 0.1) is 0 Å². The van der Waals surface area contributed by atoms with E-state index in [9.17, 15) is 19.5 Å². The van der Waals surface area contributed by atoms with Crippen LogP contribution < -0.4 is 10.6 Å². The molecule has 8 nitrogen and oxygen atoms in total. The average Bonchev–Trinajstić information content (AvgIpc) is 3.60. The van der Waals surface area contributed by atoms with Crippen molar-refractivity contribution in [2.75, 3.05) is 6.54 Å². The fourth-order valence-corrected chi connectivity index (χ4v) is 4.63. The molecule has 2 aromatic carbocycles. The summed E-state index contributed by atoms with van der Waals surface area (Å²) in [7, 11) is 0. The number of nitrogens with zero attached hydrogens (tertiary/aromatic N) is 1. The molecule has 8 heteroatoms. The predicted octanol–water partition coefficient (Wildman–Crippen LogP) is 5.11. The Balaban J connectivity index is 1.98. The van der Waals surface area contributed by atoms with E-state index in [0.29, 0.717) is 12.1 Å². The zero-order valence-electron chi connectivity index (χ0n) is 23.8. The van der Waals surface area contributed by atoms with Crippen molar-refractivity contribution in [1.29, 1.82) is 0 Å². The molecule has 0 aromatic heterocycles. The van der Waals surface area contributed by atoms with Gasteiger partial charge in [-0.2, -0.15) is 0 Å². The highest BCUT2D eigenvalue weighted by Crippen LogP contribution is 2.41. The lowest BCUT2D eigenvalue weighted by Gasteiger charge is -2.35. The number of alkyl carbamates (subject to hydrolysis) is 1. The minimum Gasteiger partial charge on any atom is -0.508 e. The standard InChI is InChI=1S/C31H43N3O5/c1-6-7-11-18-32-28(36)27(23-14-16-24(35)17-15-23)34(26-19-21(26)2)29(37)25(20-22-12-9-8-10-13-22)33-30(38)39-31(3,4)5/h8-10,12-17,21,25-27,35H,6-7,11,18-20H2,1-5H3,(H,32,36)(H,33,38). The van der Waals surface area contributed by atoms with Crippen molar-refractivity contribution < 1.29 is 24.2 Å². The van der Waals surface area contributed by atoms with E-state index in [4.69, 9.17) is 4.74 Å². The smallest absolute Gasteiger partial charge is 0.408 e. The average molecular weight is 538 g/mol. The zero-order valence-corrected chi connectivity index (χ0v) is 23.8. The van der Waals surface area contributed by atoms with Crippen LogP contribution in [0.5, 0.6) is 5.75 Å². The molecule has 1 saturated carbocycles. The molecule has 1 fully saturated rings. The van der Waals surface area contributed by atoms with Crippen LogP contribution in [0.3, 0.4) is 0 Å². The van der Waals surface area contributed by atoms with Crippen molar-refractivity contribution in [2.45, 2.75) is 90.4 Å². The van der Waals surface area contributed by atoms with Crippen molar-refractivity contribution in [3.8, 4) is 5.75 Å². The molecule has 0 heterocycles. The Hall–Kier alpha value is -3.55. The van der Waals surface area contributed by atoms with Crippen LogP contribution in [0, 0.1) is 5.92 Å². The molecule has 2 aromatic rings. The van der Waals surface area contributed by atoms with Gasteiger partial charge in [-0.15, -0.1) is 0 Å². The van der Waals surface area contributed by atoms with Gasteiger partial charge in [0.1, 0.15) is 23.4 Å². The highest BCUT2D eigenvalue weighted by atomic mass is 16.6. The largest absolute Gasteiger partial charge is 0.508 e. The summed E-state index contributed by atoms with van der Waals surface area (Å²) in [5.74, 6) is -0.340. The number of hydrogen-bond acceptors (Lipinski definition) is 5. The number of phenols is 1. The second-order valence-electron chi connectivity index (χ2n) is 11.4. The van der Waals surface area contributed by atoms with E-state index in [-0.39, 0.29) is 35.9 Å². The van der Waals surface area contributed by atoms with Crippen LogP contribution in [0.2, 0.25) is 0 Å². The third-order valence-electron chi connectivity index (χ3n) is 6.77. The second-order valence-corrected chi connectivity index (χ2v) is 11.4. The van der Waals surface area contributed by atoms with Gasteiger partial charge in [0.25, 0.3) is 0 Å². The number of carbonyl (C=O) groups is 3. The highest BCUT2D eigenvalue weighted by Gasteiger charge is 2.48. The Morgan fingerprint density at radius 2 is 1.69 bits per heavy atom. The number of rotatable bonds is 12. The maximum atomic E-state index is 14.4. The number of unbranched alkanes of at least 4 members (excludes halogenated alkanes) is 2. The van der Waals surface area contributed by atoms with Gasteiger partial charge in [0, 0.05) is 19.0 Å². The summed E-state index contributed by atoms with van der Waals surface area (Å²) in [4.78, 5) is 42.5. The van der Waals surface area contributed by atoms with Gasteiger partial charge in [-0.3, -0.25) is 9.59 Å². The summed E-state index contributed by atoms with van der Waals surface area (Å²) < 4.78 is 5.49. The summed E-state index contributed by atoms with van der Waals surface area (Å²) in [5, 5.41) is 15.7. The molecule has 1 aliphatic carbocycles. The minimum atomic E-state index is -0.942. The molecule has 4 atom stereocenters. The predicted molar refractivity (Wildman–Crippen MR) is 151 cm³/mol. The van der Waals surface area contributed by atoms with Crippen molar-refractivity contribution in [3.63, 3.8) is 0 Å². The first-order valence-electron chi connectivity index (χ1n) is 13.9. The third kappa shape index (κ3) is 9.01. The van der Waals surface area contributed by atoms with Crippen LogP contribution in [0.1, 0.15) is 77.5 Å². The van der Waals surface area contributed by atoms with Gasteiger partial charge in [-0.25, -0.2) is 4.79 Å². The first kappa shape index (κ1) is 30.0. The van der Waals surface area contributed by atoms with Gasteiger partial charge in [-0.05, 0) is 62.8 Å². The molecule has 0 radical (unpaired) electrons. The van der Waals surface area contributed by atoms with Gasteiger partial charge >= 0.3 is 6.09 Å². The summed E-state index contributed by atoms with van der Waals surface area (Å²) in [6.45, 7) is 9.95. The number of ether oxygens (including phenoxy) is 1. The van der Waals surface area contributed by atoms with Gasteiger partial charge in [-0.1, -0.05) is 69.2 Å². The third-order valence-corrected chi connectivity index (χ3v) is 6.77. The molecule has 0 bridgehead atoms. The lowest BCUT2D eigenvalue weighted by molar-refractivity contribution is -0.143. The highest BCUT2D eigenvalue weighted by molar-refractivity contribution is 5.92. The number of amides is 3. The molecule has 212 valence electrons. The topological polar surface area (TPSA) is 108 Å². The summed E-state index contributed by atoms with van der Waals surface area (Å²) in [6, 6.07) is 13.8. The number of phenolic OH excluding ortho intramolecular Hbond substituents is 1. The van der Waals surface area contributed by atoms with Gasteiger partial charge < -0.3 is 25.4 Å². The first-order valence-corrected chi connectivity index (χ1v) is 13.9. The Labute approximate surface area is 232 Å². The number of benzene rings is 2. The number of hydrogen-bond donors (Lipinski definition) is 3. The molecule has 3 rings (SSSR count). The van der Waals surface area contributed by atoms with E-state index >= 15 is 0 Å². The summed E-state index contributed by atoms with van der Waals surface area (Å²) in [5.41, 5.74) is 0.743. The van der Waals surface area contributed by atoms with E-state index in [1.807, 2.05) is 37.3 Å². The Bertz CT molecular complexity index is 1100. The normalized spacial score (nSPS) is 18.0. The molecule has 3 N–H and O–H groups in total. The van der Waals surface area contributed by atoms with E-state index < -0.39 is 23.8 Å². The molecule has 1 aliphatic rings. The van der Waals surface area contributed by atoms with E-state index in [0.717, 1.165) is 31.2 Å². The zero-order chi connectivity index (χ0) is 28.6. The van der Waals surface area contributed by atoms with Crippen molar-refractivity contribution in [1.82, 2.24) is 15.5 Å². The van der Waals surface area contributed by atoms with Crippen molar-refractivity contribution in [3.05, 3.63) is 65.7 Å². The molecule has 39 heavy (non-hydrogen) atoms. The number of aromatic hydroxyl groups is 1. The van der Waals surface area contributed by atoms with Crippen LogP contribution in [0.25, 0.3) is 0 Å². The molecular weight excluding hydrogens is 494 g/mol. The molecule has 0 aliphatic heterocycles. The Kier molecular flexibility index (Phi) is 10.4. The lowest BCUT2D eigenvalue weighted by Crippen LogP contribution is -2.54. The molecule has 0 spiro atoms. The van der Waals surface area contributed by atoms with E-state index in [2.05, 4.69) is 17.6 Å². The van der Waals surface area contributed by atoms with Gasteiger partial charge in [0.2, 0.25) is 11.8 Å². The monoisotopic (exact) mass is 537 g/mol. The fourth-order valence-electron chi connectivity index (χ4n) is 4.63. The maximum Gasteiger partial charge on any atom is 0.408 e. The molecular formula is C31H43N3O5. The lowest BCUT2D eigenvalue weighted by atomic mass is 9.99. The van der Waals surface area contributed by atoms with Crippen LogP contribution in [-0.2, 0) is 20.7 Å². The van der Waals surface area contributed by atoms with Crippen LogP contribution in [0.4, 0.5) is 4.79 Å². The van der Waals surface area contributed by atoms with Crippen molar-refractivity contribution >= 4 is 17.9 Å². The van der Waals surface area contributed by atoms with Crippen molar-refractivity contribution in [2.24, 2.45) is 5.92 Å².